The van der Waals surface area contributed by atoms with E-state index in [9.17, 15) is 21.6 Å². The molecule has 0 aliphatic rings. The molecule has 0 spiro atoms. The Morgan fingerprint density at radius 3 is 2.41 bits per heavy atom. The zero-order valence-electron chi connectivity index (χ0n) is 15.7. The third-order valence-corrected chi connectivity index (χ3v) is 6.49. The molecule has 0 radical (unpaired) electrons. The second-order valence-electron chi connectivity index (χ2n) is 6.23. The SMILES string of the molecule is O=S(=O)(c1ccc(C(F)(F)F)c(Oc2ccccc2)c1F)N(c1cscn1)c1ccn[nH]1. The van der Waals surface area contributed by atoms with Crippen LogP contribution in [0.5, 0.6) is 11.5 Å². The molecule has 2 aromatic carbocycles. The monoisotopic (exact) mass is 484 g/mol. The minimum atomic E-state index is -4.99. The predicted molar refractivity (Wildman–Crippen MR) is 108 cm³/mol. The lowest BCUT2D eigenvalue weighted by Crippen LogP contribution is -2.28. The third-order valence-electron chi connectivity index (χ3n) is 4.18. The maximum atomic E-state index is 15.4. The van der Waals surface area contributed by atoms with Crippen LogP contribution in [0.1, 0.15) is 5.56 Å². The predicted octanol–water partition coefficient (Wildman–Crippen LogP) is 5.34. The Hall–Kier alpha value is -3.45. The molecule has 0 atom stereocenters. The van der Waals surface area contributed by atoms with Gasteiger partial charge in [-0.05, 0) is 24.3 Å². The van der Waals surface area contributed by atoms with Gasteiger partial charge in [0, 0.05) is 11.4 Å². The molecule has 2 aromatic heterocycles. The van der Waals surface area contributed by atoms with Crippen molar-refractivity contribution >= 4 is 33.0 Å². The first-order valence-electron chi connectivity index (χ1n) is 8.75. The summed E-state index contributed by atoms with van der Waals surface area (Å²) in [7, 11) is -4.77. The summed E-state index contributed by atoms with van der Waals surface area (Å²) in [6.07, 6.45) is -3.73. The summed E-state index contributed by atoms with van der Waals surface area (Å²) in [5, 5.41) is 7.50. The fourth-order valence-corrected chi connectivity index (χ4v) is 4.86. The zero-order valence-corrected chi connectivity index (χ0v) is 17.4. The summed E-state index contributed by atoms with van der Waals surface area (Å²) in [6, 6.07) is 9.46. The number of para-hydroxylation sites is 1. The van der Waals surface area contributed by atoms with Crippen LogP contribution in [0.2, 0.25) is 0 Å². The molecule has 0 aliphatic carbocycles. The molecule has 1 N–H and O–H groups in total. The first-order chi connectivity index (χ1) is 15.2. The van der Waals surface area contributed by atoms with Crippen molar-refractivity contribution in [2.45, 2.75) is 11.1 Å². The average Bonchev–Trinajstić information content (AvgIpc) is 3.44. The maximum absolute atomic E-state index is 15.4. The van der Waals surface area contributed by atoms with Gasteiger partial charge in [-0.15, -0.1) is 11.3 Å². The van der Waals surface area contributed by atoms with Crippen molar-refractivity contribution in [3.63, 3.8) is 0 Å². The highest BCUT2D eigenvalue weighted by molar-refractivity contribution is 7.93. The smallest absolute Gasteiger partial charge is 0.420 e. The van der Waals surface area contributed by atoms with Gasteiger partial charge in [-0.1, -0.05) is 18.2 Å². The number of ether oxygens (including phenoxy) is 1. The molecule has 0 bridgehead atoms. The molecule has 2 heterocycles. The van der Waals surface area contributed by atoms with Gasteiger partial charge in [0.1, 0.15) is 22.0 Å². The maximum Gasteiger partial charge on any atom is 0.420 e. The fraction of sp³-hybridized carbons (Fsp3) is 0.0526. The van der Waals surface area contributed by atoms with E-state index < -0.39 is 38.2 Å². The number of hydrogen-bond acceptors (Lipinski definition) is 6. The van der Waals surface area contributed by atoms with Crippen LogP contribution in [0.4, 0.5) is 29.2 Å². The molecule has 4 aromatic rings. The number of alkyl halides is 3. The minimum absolute atomic E-state index is 0.0827. The standard InChI is InChI=1S/C19H12F4N4O3S2/c20-17-14(32(28,29)27(15-8-9-25-26-15)16-10-31-11-24-16)7-6-13(19(21,22)23)18(17)30-12-4-2-1-3-5-12/h1-11H,(H,25,26). The summed E-state index contributed by atoms with van der Waals surface area (Å²) >= 11 is 1.07. The van der Waals surface area contributed by atoms with Gasteiger partial charge in [-0.2, -0.15) is 22.6 Å². The molecule has 13 heteroatoms. The van der Waals surface area contributed by atoms with Gasteiger partial charge < -0.3 is 4.74 Å². The molecule has 0 amide bonds. The number of halogens is 4. The lowest BCUT2D eigenvalue weighted by atomic mass is 10.2. The number of anilines is 2. The number of benzene rings is 2. The average molecular weight is 484 g/mol. The third kappa shape index (κ3) is 4.03. The van der Waals surface area contributed by atoms with Crippen LogP contribution in [0.3, 0.4) is 0 Å². The number of aromatic nitrogens is 3. The van der Waals surface area contributed by atoms with E-state index >= 15 is 4.39 Å². The van der Waals surface area contributed by atoms with Crippen molar-refractivity contribution in [3.8, 4) is 11.5 Å². The van der Waals surface area contributed by atoms with Gasteiger partial charge in [0.05, 0.1) is 11.7 Å². The largest absolute Gasteiger partial charge is 0.454 e. The van der Waals surface area contributed by atoms with Crippen molar-refractivity contribution in [2.75, 3.05) is 4.31 Å². The first kappa shape index (κ1) is 21.8. The molecule has 0 saturated carbocycles. The number of rotatable bonds is 6. The quantitative estimate of drug-likeness (QED) is 0.373. The Morgan fingerprint density at radius 2 is 1.81 bits per heavy atom. The summed E-state index contributed by atoms with van der Waals surface area (Å²) < 4.78 is 88.6. The zero-order chi connectivity index (χ0) is 22.9. The van der Waals surface area contributed by atoms with E-state index in [1.165, 1.54) is 47.4 Å². The molecule has 0 unspecified atom stereocenters. The molecular weight excluding hydrogens is 472 g/mol. The van der Waals surface area contributed by atoms with Gasteiger partial charge in [0.25, 0.3) is 10.0 Å². The summed E-state index contributed by atoms with van der Waals surface area (Å²) in [4.78, 5) is 2.90. The number of hydrogen-bond donors (Lipinski definition) is 1. The van der Waals surface area contributed by atoms with Gasteiger partial charge in [0.15, 0.2) is 17.4 Å². The van der Waals surface area contributed by atoms with Crippen LogP contribution >= 0.6 is 11.3 Å². The van der Waals surface area contributed by atoms with Crippen LogP contribution in [0.25, 0.3) is 0 Å². The van der Waals surface area contributed by atoms with Crippen molar-refractivity contribution in [3.05, 3.63) is 77.0 Å². The summed E-state index contributed by atoms with van der Waals surface area (Å²) in [6.45, 7) is 0. The van der Waals surface area contributed by atoms with Crippen molar-refractivity contribution < 1.29 is 30.7 Å². The fourth-order valence-electron chi connectivity index (χ4n) is 2.81. The Bertz CT molecular complexity index is 1280. The topological polar surface area (TPSA) is 88.2 Å². The highest BCUT2D eigenvalue weighted by Gasteiger charge is 2.40. The number of nitrogens with zero attached hydrogens (tertiary/aromatic N) is 3. The molecule has 0 fully saturated rings. The van der Waals surface area contributed by atoms with Crippen LogP contribution in [0.15, 0.2) is 70.5 Å². The Balaban J connectivity index is 1.90. The van der Waals surface area contributed by atoms with E-state index in [-0.39, 0.29) is 17.4 Å². The molecule has 0 saturated heterocycles. The van der Waals surface area contributed by atoms with Crippen molar-refractivity contribution in [1.82, 2.24) is 15.2 Å². The second-order valence-corrected chi connectivity index (χ2v) is 8.70. The first-order valence-corrected chi connectivity index (χ1v) is 11.1. The lowest BCUT2D eigenvalue weighted by Gasteiger charge is -2.22. The normalized spacial score (nSPS) is 12.0. The Kier molecular flexibility index (Phi) is 5.60. The Morgan fingerprint density at radius 1 is 1.06 bits per heavy atom. The highest BCUT2D eigenvalue weighted by atomic mass is 32.2. The number of aromatic amines is 1. The molecule has 32 heavy (non-hydrogen) atoms. The molecule has 166 valence electrons. The van der Waals surface area contributed by atoms with Gasteiger partial charge in [-0.3, -0.25) is 5.10 Å². The minimum Gasteiger partial charge on any atom is -0.454 e. The van der Waals surface area contributed by atoms with Crippen molar-refractivity contribution in [2.24, 2.45) is 0 Å². The lowest BCUT2D eigenvalue weighted by molar-refractivity contribution is -0.138. The van der Waals surface area contributed by atoms with Gasteiger partial charge in [-0.25, -0.2) is 17.8 Å². The van der Waals surface area contributed by atoms with Gasteiger partial charge in [0.2, 0.25) is 0 Å². The van der Waals surface area contributed by atoms with E-state index in [1.54, 1.807) is 6.07 Å². The van der Waals surface area contributed by atoms with Crippen LogP contribution in [-0.4, -0.2) is 23.6 Å². The highest BCUT2D eigenvalue weighted by Crippen LogP contribution is 2.43. The van der Waals surface area contributed by atoms with Crippen molar-refractivity contribution in [1.29, 1.82) is 0 Å². The molecular formula is C19H12F4N4O3S2. The number of H-pyrrole nitrogens is 1. The second kappa shape index (κ2) is 8.24. The van der Waals surface area contributed by atoms with E-state index in [0.29, 0.717) is 16.4 Å². The van der Waals surface area contributed by atoms with E-state index in [4.69, 9.17) is 4.74 Å². The number of nitrogens with one attached hydrogen (secondary N) is 1. The summed E-state index contributed by atoms with van der Waals surface area (Å²) in [5.74, 6) is -3.22. The molecule has 0 aliphatic heterocycles. The van der Waals surface area contributed by atoms with E-state index in [2.05, 4.69) is 15.2 Å². The molecule has 4 rings (SSSR count). The van der Waals surface area contributed by atoms with Crippen LogP contribution in [-0.2, 0) is 16.2 Å². The number of thiazole rings is 1. The van der Waals surface area contributed by atoms with Crippen LogP contribution < -0.4 is 9.04 Å². The Labute approximate surface area is 183 Å². The summed E-state index contributed by atoms with van der Waals surface area (Å²) in [5.41, 5.74) is -0.110. The van der Waals surface area contributed by atoms with E-state index in [1.807, 2.05) is 0 Å². The molecule has 7 nitrogen and oxygen atoms in total. The van der Waals surface area contributed by atoms with Gasteiger partial charge >= 0.3 is 6.18 Å². The van der Waals surface area contributed by atoms with E-state index in [0.717, 1.165) is 11.3 Å². The number of sulfonamides is 1. The van der Waals surface area contributed by atoms with Crippen LogP contribution in [0, 0.1) is 5.82 Å².